The molecular weight excluding hydrogens is 226 g/mol. The quantitative estimate of drug-likeness (QED) is 0.820. The van der Waals surface area contributed by atoms with E-state index in [2.05, 4.69) is 11.1 Å². The van der Waals surface area contributed by atoms with Gasteiger partial charge in [0.2, 0.25) is 0 Å². The van der Waals surface area contributed by atoms with Crippen LogP contribution in [0.15, 0.2) is 42.7 Å². The Morgan fingerprint density at radius 2 is 1.89 bits per heavy atom. The van der Waals surface area contributed by atoms with E-state index >= 15 is 0 Å². The lowest BCUT2D eigenvalue weighted by molar-refractivity contribution is 0.478. The SMILES string of the molecule is N#CCc1cncc(Oc2ccccc2)c1C#N. The Balaban J connectivity index is 2.37. The fraction of sp³-hybridized carbons (Fsp3) is 0.0714. The summed E-state index contributed by atoms with van der Waals surface area (Å²) in [6, 6.07) is 13.2. The average Bonchev–Trinajstić information content (AvgIpc) is 2.41. The number of pyridine rings is 1. The fourth-order valence-corrected chi connectivity index (χ4v) is 1.52. The maximum absolute atomic E-state index is 9.14. The molecular formula is C14H9N3O. The number of benzene rings is 1. The minimum atomic E-state index is 0.141. The molecule has 0 bridgehead atoms. The van der Waals surface area contributed by atoms with Crippen molar-refractivity contribution in [1.29, 1.82) is 10.5 Å². The molecule has 1 aromatic heterocycles. The molecule has 0 aliphatic carbocycles. The van der Waals surface area contributed by atoms with Crippen molar-refractivity contribution < 1.29 is 4.74 Å². The average molecular weight is 235 g/mol. The van der Waals surface area contributed by atoms with Gasteiger partial charge in [0, 0.05) is 11.8 Å². The Hall–Kier alpha value is -2.85. The van der Waals surface area contributed by atoms with Crippen LogP contribution in [-0.2, 0) is 6.42 Å². The lowest BCUT2D eigenvalue weighted by Gasteiger charge is -2.08. The second-order valence-electron chi connectivity index (χ2n) is 3.53. The van der Waals surface area contributed by atoms with E-state index in [9.17, 15) is 0 Å². The van der Waals surface area contributed by atoms with Crippen LogP contribution in [0.3, 0.4) is 0 Å². The first-order chi connectivity index (χ1) is 8.85. The number of hydrogen-bond acceptors (Lipinski definition) is 4. The summed E-state index contributed by atoms with van der Waals surface area (Å²) < 4.78 is 5.59. The van der Waals surface area contributed by atoms with Gasteiger partial charge in [-0.3, -0.25) is 4.98 Å². The van der Waals surface area contributed by atoms with Gasteiger partial charge in [0.1, 0.15) is 17.4 Å². The number of ether oxygens (including phenoxy) is 1. The summed E-state index contributed by atoms with van der Waals surface area (Å²) in [6.07, 6.45) is 3.13. The Morgan fingerprint density at radius 1 is 1.11 bits per heavy atom. The predicted molar refractivity (Wildman–Crippen MR) is 64.8 cm³/mol. The second kappa shape index (κ2) is 5.47. The van der Waals surface area contributed by atoms with Gasteiger partial charge in [-0.15, -0.1) is 0 Å². The zero-order valence-corrected chi connectivity index (χ0v) is 9.50. The van der Waals surface area contributed by atoms with Crippen LogP contribution in [0.1, 0.15) is 11.1 Å². The standard InChI is InChI=1S/C14H9N3O/c15-7-6-11-9-17-10-14(13(11)8-16)18-12-4-2-1-3-5-12/h1-5,9-10H,6H2. The highest BCUT2D eigenvalue weighted by molar-refractivity contribution is 5.49. The van der Waals surface area contributed by atoms with Crippen molar-refractivity contribution in [2.75, 3.05) is 0 Å². The number of hydrogen-bond donors (Lipinski definition) is 0. The molecule has 0 N–H and O–H groups in total. The Bertz CT molecular complexity index is 624. The van der Waals surface area contributed by atoms with E-state index in [1.165, 1.54) is 12.4 Å². The highest BCUT2D eigenvalue weighted by Gasteiger charge is 2.10. The number of aromatic nitrogens is 1. The third-order valence-corrected chi connectivity index (χ3v) is 2.34. The third-order valence-electron chi connectivity index (χ3n) is 2.34. The third kappa shape index (κ3) is 2.45. The van der Waals surface area contributed by atoms with Gasteiger partial charge in [-0.1, -0.05) is 18.2 Å². The van der Waals surface area contributed by atoms with Crippen molar-refractivity contribution in [2.45, 2.75) is 6.42 Å². The topological polar surface area (TPSA) is 69.7 Å². The lowest BCUT2D eigenvalue weighted by atomic mass is 10.1. The monoisotopic (exact) mass is 235 g/mol. The summed E-state index contributed by atoms with van der Waals surface area (Å²) in [7, 11) is 0. The molecule has 1 heterocycles. The van der Waals surface area contributed by atoms with E-state index in [1.54, 1.807) is 12.1 Å². The molecule has 0 fully saturated rings. The molecule has 0 saturated carbocycles. The largest absolute Gasteiger partial charge is 0.454 e. The maximum atomic E-state index is 9.14. The van der Waals surface area contributed by atoms with E-state index in [1.807, 2.05) is 24.3 Å². The van der Waals surface area contributed by atoms with E-state index in [-0.39, 0.29) is 6.42 Å². The summed E-state index contributed by atoms with van der Waals surface area (Å²) >= 11 is 0. The van der Waals surface area contributed by atoms with Crippen LogP contribution in [0.25, 0.3) is 0 Å². The number of nitrogens with zero attached hydrogens (tertiary/aromatic N) is 3. The molecule has 0 unspecified atom stereocenters. The van der Waals surface area contributed by atoms with E-state index < -0.39 is 0 Å². The summed E-state index contributed by atoms with van der Waals surface area (Å²) in [6.45, 7) is 0. The Morgan fingerprint density at radius 3 is 2.56 bits per heavy atom. The van der Waals surface area contributed by atoms with Crippen LogP contribution in [0.5, 0.6) is 11.5 Å². The van der Waals surface area contributed by atoms with E-state index in [0.717, 1.165) is 0 Å². The summed E-state index contributed by atoms with van der Waals surface area (Å²) in [5.74, 6) is 1.00. The number of para-hydroxylation sites is 1. The van der Waals surface area contributed by atoms with Gasteiger partial charge < -0.3 is 4.74 Å². The first-order valence-corrected chi connectivity index (χ1v) is 5.32. The maximum Gasteiger partial charge on any atom is 0.163 e. The van der Waals surface area contributed by atoms with E-state index in [0.29, 0.717) is 22.6 Å². The van der Waals surface area contributed by atoms with Crippen LogP contribution >= 0.6 is 0 Å². The molecule has 2 aromatic rings. The van der Waals surface area contributed by atoms with Gasteiger partial charge in [0.05, 0.1) is 18.7 Å². The van der Waals surface area contributed by atoms with Crippen LogP contribution in [0.2, 0.25) is 0 Å². The van der Waals surface area contributed by atoms with Gasteiger partial charge in [-0.25, -0.2) is 0 Å². The summed E-state index contributed by atoms with van der Waals surface area (Å²) in [5, 5.41) is 17.8. The van der Waals surface area contributed by atoms with Gasteiger partial charge in [0.15, 0.2) is 5.75 Å². The van der Waals surface area contributed by atoms with Crippen molar-refractivity contribution in [3.63, 3.8) is 0 Å². The molecule has 0 amide bonds. The normalized spacial score (nSPS) is 9.22. The van der Waals surface area contributed by atoms with Crippen molar-refractivity contribution in [1.82, 2.24) is 4.98 Å². The fourth-order valence-electron chi connectivity index (χ4n) is 1.52. The molecule has 1 aromatic carbocycles. The number of nitriles is 2. The van der Waals surface area contributed by atoms with Crippen molar-refractivity contribution >= 4 is 0 Å². The highest BCUT2D eigenvalue weighted by Crippen LogP contribution is 2.26. The predicted octanol–water partition coefficient (Wildman–Crippen LogP) is 2.81. The Labute approximate surface area is 105 Å². The molecule has 18 heavy (non-hydrogen) atoms. The van der Waals surface area contributed by atoms with Crippen LogP contribution in [-0.4, -0.2) is 4.98 Å². The molecule has 0 saturated heterocycles. The first-order valence-electron chi connectivity index (χ1n) is 5.32. The van der Waals surface area contributed by atoms with Gasteiger partial charge in [-0.2, -0.15) is 10.5 Å². The van der Waals surface area contributed by atoms with Crippen molar-refractivity contribution in [3.05, 3.63) is 53.9 Å². The Kier molecular flexibility index (Phi) is 3.53. The van der Waals surface area contributed by atoms with Gasteiger partial charge in [-0.05, 0) is 12.1 Å². The van der Waals surface area contributed by atoms with Crippen molar-refractivity contribution in [2.24, 2.45) is 0 Å². The first kappa shape index (κ1) is 11.6. The summed E-state index contributed by atoms with van der Waals surface area (Å²) in [4.78, 5) is 3.98. The molecule has 4 heteroatoms. The smallest absolute Gasteiger partial charge is 0.163 e. The molecule has 2 rings (SSSR count). The second-order valence-corrected chi connectivity index (χ2v) is 3.53. The highest BCUT2D eigenvalue weighted by atomic mass is 16.5. The molecule has 0 spiro atoms. The van der Waals surface area contributed by atoms with Crippen molar-refractivity contribution in [3.8, 4) is 23.6 Å². The molecule has 0 atom stereocenters. The zero-order chi connectivity index (χ0) is 12.8. The molecule has 0 aliphatic rings. The minimum absolute atomic E-state index is 0.141. The zero-order valence-electron chi connectivity index (χ0n) is 9.50. The van der Waals surface area contributed by atoms with Crippen LogP contribution in [0, 0.1) is 22.7 Å². The molecule has 0 aliphatic heterocycles. The van der Waals surface area contributed by atoms with Crippen LogP contribution < -0.4 is 4.74 Å². The van der Waals surface area contributed by atoms with E-state index in [4.69, 9.17) is 15.3 Å². The lowest BCUT2D eigenvalue weighted by Crippen LogP contribution is -1.95. The number of rotatable bonds is 3. The molecule has 0 radical (unpaired) electrons. The summed E-state index contributed by atoms with van der Waals surface area (Å²) in [5.41, 5.74) is 0.934. The van der Waals surface area contributed by atoms with Crippen LogP contribution in [0.4, 0.5) is 0 Å². The molecule has 4 nitrogen and oxygen atoms in total. The molecule has 86 valence electrons. The van der Waals surface area contributed by atoms with Gasteiger partial charge in [0.25, 0.3) is 0 Å². The van der Waals surface area contributed by atoms with Gasteiger partial charge >= 0.3 is 0 Å². The minimum Gasteiger partial charge on any atom is -0.454 e.